The third-order valence-corrected chi connectivity index (χ3v) is 4.19. The smallest absolute Gasteiger partial charge is 0.243 e. The predicted molar refractivity (Wildman–Crippen MR) is 67.0 cm³/mol. The van der Waals surface area contributed by atoms with Crippen LogP contribution in [0.5, 0.6) is 0 Å². The highest BCUT2D eigenvalue weighted by Gasteiger charge is 2.21. The van der Waals surface area contributed by atoms with E-state index in [9.17, 15) is 22.3 Å². The van der Waals surface area contributed by atoms with Gasteiger partial charge >= 0.3 is 0 Å². The molecule has 0 aromatic heterocycles. The minimum Gasteiger partial charge on any atom is -0.393 e. The van der Waals surface area contributed by atoms with Gasteiger partial charge in [0.1, 0.15) is 4.90 Å². The fourth-order valence-corrected chi connectivity index (χ4v) is 2.58. The summed E-state index contributed by atoms with van der Waals surface area (Å²) < 4.78 is 52.0. The van der Waals surface area contributed by atoms with Gasteiger partial charge in [0, 0.05) is 6.54 Å². The molecule has 4 nitrogen and oxygen atoms in total. The highest BCUT2D eigenvalue weighted by molar-refractivity contribution is 7.89. The van der Waals surface area contributed by atoms with Gasteiger partial charge in [-0.2, -0.15) is 0 Å². The van der Waals surface area contributed by atoms with Crippen LogP contribution in [0.1, 0.15) is 20.3 Å². The number of benzene rings is 1. The SMILES string of the molecule is CC(C)C(O)CCNS(=O)(=O)c1cccc(F)c1F. The van der Waals surface area contributed by atoms with Crippen molar-refractivity contribution in [3.05, 3.63) is 29.8 Å². The van der Waals surface area contributed by atoms with E-state index < -0.39 is 32.7 Å². The average molecular weight is 293 g/mol. The highest BCUT2D eigenvalue weighted by Crippen LogP contribution is 2.16. The van der Waals surface area contributed by atoms with Crippen LogP contribution in [0, 0.1) is 17.6 Å². The van der Waals surface area contributed by atoms with Crippen LogP contribution in [-0.2, 0) is 10.0 Å². The second-order valence-corrected chi connectivity index (χ2v) is 6.29. The Labute approximate surface area is 111 Å². The van der Waals surface area contributed by atoms with Crippen molar-refractivity contribution in [2.75, 3.05) is 6.54 Å². The van der Waals surface area contributed by atoms with Gasteiger partial charge in [0.15, 0.2) is 11.6 Å². The van der Waals surface area contributed by atoms with Crippen LogP contribution in [0.4, 0.5) is 8.78 Å². The third kappa shape index (κ3) is 4.22. The molecule has 0 saturated heterocycles. The fraction of sp³-hybridized carbons (Fsp3) is 0.500. The molecular weight excluding hydrogens is 276 g/mol. The first-order valence-electron chi connectivity index (χ1n) is 5.87. The maximum Gasteiger partial charge on any atom is 0.243 e. The van der Waals surface area contributed by atoms with Gasteiger partial charge in [-0.05, 0) is 24.5 Å². The number of aliphatic hydroxyl groups is 1. The molecule has 1 atom stereocenters. The van der Waals surface area contributed by atoms with E-state index in [2.05, 4.69) is 4.72 Å². The van der Waals surface area contributed by atoms with Crippen LogP contribution in [0.2, 0.25) is 0 Å². The Kier molecular flexibility index (Phi) is 5.39. The maximum absolute atomic E-state index is 13.4. The summed E-state index contributed by atoms with van der Waals surface area (Å²) in [4.78, 5) is -0.730. The van der Waals surface area contributed by atoms with Crippen molar-refractivity contribution >= 4 is 10.0 Å². The van der Waals surface area contributed by atoms with E-state index in [1.54, 1.807) is 13.8 Å². The van der Waals surface area contributed by atoms with Crippen LogP contribution in [0.15, 0.2) is 23.1 Å². The molecule has 0 aliphatic carbocycles. The number of rotatable bonds is 6. The van der Waals surface area contributed by atoms with Crippen molar-refractivity contribution < 1.29 is 22.3 Å². The lowest BCUT2D eigenvalue weighted by atomic mass is 10.1. The third-order valence-electron chi connectivity index (χ3n) is 2.71. The van der Waals surface area contributed by atoms with Crippen LogP contribution in [-0.4, -0.2) is 26.2 Å². The molecule has 0 bridgehead atoms. The van der Waals surface area contributed by atoms with Crippen molar-refractivity contribution in [3.8, 4) is 0 Å². The van der Waals surface area contributed by atoms with E-state index in [0.717, 1.165) is 18.2 Å². The summed E-state index contributed by atoms with van der Waals surface area (Å²) in [5.74, 6) is -2.63. The number of hydrogen-bond donors (Lipinski definition) is 2. The van der Waals surface area contributed by atoms with E-state index >= 15 is 0 Å². The summed E-state index contributed by atoms with van der Waals surface area (Å²) in [6.45, 7) is 3.55. The molecule has 0 spiro atoms. The first-order valence-corrected chi connectivity index (χ1v) is 7.35. The fourth-order valence-electron chi connectivity index (χ4n) is 1.44. The first kappa shape index (κ1) is 16.0. The van der Waals surface area contributed by atoms with Gasteiger partial charge in [-0.3, -0.25) is 0 Å². The van der Waals surface area contributed by atoms with E-state index in [0.29, 0.717) is 0 Å². The molecule has 0 aliphatic heterocycles. The van der Waals surface area contributed by atoms with Crippen molar-refractivity contribution in [1.29, 1.82) is 0 Å². The Morgan fingerprint density at radius 2 is 1.95 bits per heavy atom. The lowest BCUT2D eigenvalue weighted by molar-refractivity contribution is 0.118. The number of sulfonamides is 1. The zero-order valence-corrected chi connectivity index (χ0v) is 11.5. The molecular formula is C12H17F2NO3S. The quantitative estimate of drug-likeness (QED) is 0.838. The molecule has 0 heterocycles. The van der Waals surface area contributed by atoms with Crippen molar-refractivity contribution in [3.63, 3.8) is 0 Å². The van der Waals surface area contributed by atoms with Crippen molar-refractivity contribution in [2.45, 2.75) is 31.3 Å². The Bertz CT molecular complexity index is 532. The summed E-state index contributed by atoms with van der Waals surface area (Å²) in [5, 5.41) is 9.52. The molecule has 2 N–H and O–H groups in total. The molecule has 0 amide bonds. The number of halogens is 2. The topological polar surface area (TPSA) is 66.4 Å². The van der Waals surface area contributed by atoms with Crippen molar-refractivity contribution in [1.82, 2.24) is 4.72 Å². The molecule has 7 heteroatoms. The standard InChI is InChI=1S/C12H17F2NO3S/c1-8(2)10(16)6-7-15-19(17,18)11-5-3-4-9(13)12(11)14/h3-5,8,10,15-16H,6-7H2,1-2H3. The predicted octanol–water partition coefficient (Wildman–Crippen LogP) is 1.65. The van der Waals surface area contributed by atoms with Crippen LogP contribution >= 0.6 is 0 Å². The molecule has 1 aromatic carbocycles. The molecule has 1 unspecified atom stereocenters. The highest BCUT2D eigenvalue weighted by atomic mass is 32.2. The van der Waals surface area contributed by atoms with Crippen LogP contribution in [0.25, 0.3) is 0 Å². The van der Waals surface area contributed by atoms with Crippen LogP contribution < -0.4 is 4.72 Å². The first-order chi connectivity index (χ1) is 8.75. The normalized spacial score (nSPS) is 13.8. The monoisotopic (exact) mass is 293 g/mol. The van der Waals surface area contributed by atoms with E-state index in [4.69, 9.17) is 0 Å². The summed E-state index contributed by atoms with van der Waals surface area (Å²) in [7, 11) is -4.11. The van der Waals surface area contributed by atoms with Gasteiger partial charge in [-0.15, -0.1) is 0 Å². The number of nitrogens with one attached hydrogen (secondary N) is 1. The molecule has 0 aliphatic rings. The van der Waals surface area contributed by atoms with Gasteiger partial charge in [0.25, 0.3) is 0 Å². The Morgan fingerprint density at radius 3 is 2.53 bits per heavy atom. The minimum atomic E-state index is -4.11. The summed E-state index contributed by atoms with van der Waals surface area (Å²) in [5.41, 5.74) is 0. The van der Waals surface area contributed by atoms with Crippen LogP contribution in [0.3, 0.4) is 0 Å². The lowest BCUT2D eigenvalue weighted by Crippen LogP contribution is -2.29. The zero-order valence-electron chi connectivity index (χ0n) is 10.7. The van der Waals surface area contributed by atoms with Gasteiger partial charge < -0.3 is 5.11 Å². The van der Waals surface area contributed by atoms with E-state index in [1.807, 2.05) is 0 Å². The molecule has 1 aromatic rings. The second-order valence-electron chi connectivity index (χ2n) is 4.55. The molecule has 0 radical (unpaired) electrons. The largest absolute Gasteiger partial charge is 0.393 e. The Balaban J connectivity index is 2.74. The molecule has 0 fully saturated rings. The van der Waals surface area contributed by atoms with Gasteiger partial charge in [-0.25, -0.2) is 21.9 Å². The summed E-state index contributed by atoms with van der Waals surface area (Å²) in [6, 6.07) is 2.95. The summed E-state index contributed by atoms with van der Waals surface area (Å²) >= 11 is 0. The average Bonchev–Trinajstić information content (AvgIpc) is 2.31. The van der Waals surface area contributed by atoms with Crippen molar-refractivity contribution in [2.24, 2.45) is 5.92 Å². The zero-order chi connectivity index (χ0) is 14.6. The second kappa shape index (κ2) is 6.40. The number of hydrogen-bond acceptors (Lipinski definition) is 3. The Hall–Kier alpha value is -1.05. The van der Waals surface area contributed by atoms with E-state index in [1.165, 1.54) is 0 Å². The maximum atomic E-state index is 13.4. The number of aliphatic hydroxyl groups excluding tert-OH is 1. The Morgan fingerprint density at radius 1 is 1.32 bits per heavy atom. The van der Waals surface area contributed by atoms with Gasteiger partial charge in [0.2, 0.25) is 10.0 Å². The minimum absolute atomic E-state index is 0.00425. The molecule has 108 valence electrons. The van der Waals surface area contributed by atoms with Gasteiger partial charge in [0.05, 0.1) is 6.10 Å². The lowest BCUT2D eigenvalue weighted by Gasteiger charge is -2.14. The van der Waals surface area contributed by atoms with E-state index in [-0.39, 0.29) is 18.9 Å². The molecule has 1 rings (SSSR count). The summed E-state index contributed by atoms with van der Waals surface area (Å²) in [6.07, 6.45) is -0.451. The molecule has 19 heavy (non-hydrogen) atoms. The molecule has 0 saturated carbocycles. The van der Waals surface area contributed by atoms with Gasteiger partial charge in [-0.1, -0.05) is 19.9 Å².